The molecule has 5 N–H and O–H groups in total. The van der Waals surface area contributed by atoms with Gasteiger partial charge in [-0.05, 0) is 153 Å². The highest BCUT2D eigenvalue weighted by Gasteiger charge is 2.40. The number of nitrogens with one attached hydrogen (secondary N) is 1. The molecule has 5 atom stereocenters. The molecule has 5 unspecified atom stereocenters. The number of carboxylic acid groups (broad SMARTS) is 1. The van der Waals surface area contributed by atoms with Gasteiger partial charge >= 0.3 is 5.97 Å². The molecule has 0 bridgehead atoms. The van der Waals surface area contributed by atoms with Crippen molar-refractivity contribution in [1.29, 1.82) is 0 Å². The van der Waals surface area contributed by atoms with Crippen molar-refractivity contribution >= 4 is 17.7 Å². The van der Waals surface area contributed by atoms with E-state index in [2.05, 4.69) is 116 Å². The minimum Gasteiger partial charge on any atom is -0.481 e. The third-order valence-electron chi connectivity index (χ3n) is 16.6. The fraction of sp³-hybridized carbons (Fsp3) is 0.949. The van der Waals surface area contributed by atoms with Crippen LogP contribution >= 0.6 is 0 Å². The van der Waals surface area contributed by atoms with Gasteiger partial charge in [-0.3, -0.25) is 14.4 Å². The van der Waals surface area contributed by atoms with Crippen LogP contribution in [0, 0.1) is 49.7 Å². The molecule has 11 heteroatoms. The quantitative estimate of drug-likeness (QED) is 0.206. The number of alkyl halides is 2. The highest BCUT2D eigenvalue weighted by molar-refractivity contribution is 5.79. The Kier molecular flexibility index (Phi) is 26.8. The first-order valence-electron chi connectivity index (χ1n) is 27.7. The van der Waals surface area contributed by atoms with Crippen LogP contribution in [-0.2, 0) is 23.9 Å². The van der Waals surface area contributed by atoms with Gasteiger partial charge in [0.2, 0.25) is 11.8 Å². The number of carbonyl (C=O) groups excluding carboxylic acids is 2. The lowest BCUT2D eigenvalue weighted by Gasteiger charge is -2.33. The monoisotopic (exact) mass is 999 g/mol. The fourth-order valence-electron chi connectivity index (χ4n) is 11.4. The largest absolute Gasteiger partial charge is 0.481 e. The normalized spacial score (nSPS) is 30.3. The van der Waals surface area contributed by atoms with Crippen LogP contribution in [0.4, 0.5) is 8.78 Å². The molecule has 0 saturated heterocycles. The molecule has 0 aromatic carbocycles. The zero-order valence-corrected chi connectivity index (χ0v) is 48.6. The number of hydrogen-bond donors (Lipinski definition) is 4. The lowest BCUT2D eigenvalue weighted by molar-refractivity contribution is -0.141. The van der Waals surface area contributed by atoms with Crippen molar-refractivity contribution < 1.29 is 42.9 Å². The minimum absolute atomic E-state index is 0.00183. The molecule has 0 aliphatic heterocycles. The number of hydrogen-bond acceptors (Lipinski definition) is 7. The molecule has 70 heavy (non-hydrogen) atoms. The summed E-state index contributed by atoms with van der Waals surface area (Å²) < 4.78 is 35.7. The van der Waals surface area contributed by atoms with Crippen LogP contribution in [0.5, 0.6) is 0 Å². The summed E-state index contributed by atoms with van der Waals surface area (Å²) >= 11 is 0. The third kappa shape index (κ3) is 27.6. The molecule has 7 aliphatic carbocycles. The topological polar surface area (TPSA) is 148 Å². The van der Waals surface area contributed by atoms with Crippen LogP contribution in [0.3, 0.4) is 0 Å². The van der Waals surface area contributed by atoms with Gasteiger partial charge in [0, 0.05) is 57.9 Å². The van der Waals surface area contributed by atoms with Gasteiger partial charge in [-0.25, -0.2) is 8.78 Å². The smallest absolute Gasteiger partial charge is 0.306 e. The number of aliphatic hydroxyl groups excluding tert-OH is 1. The van der Waals surface area contributed by atoms with E-state index < -0.39 is 11.9 Å². The Balaban J connectivity index is 0.000000409. The third-order valence-corrected chi connectivity index (χ3v) is 16.6. The number of carboxylic acids is 1. The van der Waals surface area contributed by atoms with Crippen molar-refractivity contribution in [3.63, 3.8) is 0 Å². The van der Waals surface area contributed by atoms with E-state index in [1.807, 2.05) is 0 Å². The summed E-state index contributed by atoms with van der Waals surface area (Å²) in [7, 11) is 3.52. The standard InChI is InChI=1S/C10H21N.C9H18O2.C8H14F2.C8H15NO.C8H14O2.C8H16O.C8H14O/c1-8(2)11-9-6-5-7-10(9,3)4;1-9(2)5-7(10-3)8(6-9)11-4;1-7(2)3-5-8(9,10)6-4-7;2*1-8(2)4-3-6(5-8)7(9)10;1-8(2)5-3-7(9)4-6-8;1-8(2)5-3-4-7(9)6-8/h8-9,11H,5-7H2,1-4H3;7-8H,5-6H2,1-4H3;3-6H2,1-2H3;6H,3-5H2,1-2H3,(H2,9,10);6H,3-5H2,1-2H3,(H,9,10);7,9H,3-6H2,1-2H3;3-6H2,1-2H3. The number of amides is 1. The van der Waals surface area contributed by atoms with Crippen LogP contribution in [0.15, 0.2) is 0 Å². The highest BCUT2D eigenvalue weighted by Crippen LogP contribution is 2.44. The number of ether oxygens (including phenoxy) is 2. The summed E-state index contributed by atoms with van der Waals surface area (Å²) in [6, 6.07) is 1.39. The summed E-state index contributed by atoms with van der Waals surface area (Å²) in [5.41, 5.74) is 7.67. The van der Waals surface area contributed by atoms with Crippen molar-refractivity contribution in [3.05, 3.63) is 0 Å². The average Bonchev–Trinajstić information content (AvgIpc) is 3.97. The lowest BCUT2D eigenvalue weighted by Crippen LogP contribution is -2.41. The summed E-state index contributed by atoms with van der Waals surface area (Å²) in [5.74, 6) is -2.58. The van der Waals surface area contributed by atoms with Gasteiger partial charge in [-0.15, -0.1) is 0 Å². The summed E-state index contributed by atoms with van der Waals surface area (Å²) in [4.78, 5) is 32.1. The first kappa shape index (κ1) is 66.3. The molecule has 7 saturated carbocycles. The molecular weight excluding hydrogens is 887 g/mol. The first-order valence-corrected chi connectivity index (χ1v) is 27.7. The highest BCUT2D eigenvalue weighted by atomic mass is 19.3. The summed E-state index contributed by atoms with van der Waals surface area (Å²) in [6.45, 7) is 35.4. The number of aliphatic carboxylic acids is 1. The Morgan fingerprint density at radius 3 is 1.30 bits per heavy atom. The Labute approximate surface area is 428 Å². The molecular formula is C59H112F2N2O7. The van der Waals surface area contributed by atoms with E-state index in [0.717, 1.165) is 89.5 Å². The van der Waals surface area contributed by atoms with E-state index in [-0.39, 0.29) is 47.5 Å². The molecule has 1 amide bonds. The molecule has 0 aromatic rings. The molecule has 9 nitrogen and oxygen atoms in total. The molecule has 0 spiro atoms. The van der Waals surface area contributed by atoms with Gasteiger partial charge in [-0.1, -0.05) is 117 Å². The van der Waals surface area contributed by atoms with Gasteiger partial charge in [0.15, 0.2) is 0 Å². The maximum Gasteiger partial charge on any atom is 0.306 e. The van der Waals surface area contributed by atoms with E-state index in [4.69, 9.17) is 25.4 Å². The number of Topliss-reactive ketones (excluding diaryl/α,β-unsaturated/α-hetero) is 1. The van der Waals surface area contributed by atoms with Gasteiger partial charge in [0.25, 0.3) is 0 Å². The van der Waals surface area contributed by atoms with Crippen LogP contribution < -0.4 is 11.1 Å². The predicted molar refractivity (Wildman–Crippen MR) is 286 cm³/mol. The van der Waals surface area contributed by atoms with Crippen molar-refractivity contribution in [3.8, 4) is 0 Å². The zero-order valence-electron chi connectivity index (χ0n) is 48.6. The number of methoxy groups -OCH3 is 2. The van der Waals surface area contributed by atoms with Crippen molar-refractivity contribution in [2.45, 2.75) is 295 Å². The number of ketones is 1. The first-order chi connectivity index (χ1) is 31.7. The summed E-state index contributed by atoms with van der Waals surface area (Å²) in [5, 5.41) is 21.4. The Morgan fingerprint density at radius 2 is 1.03 bits per heavy atom. The van der Waals surface area contributed by atoms with Gasteiger partial charge in [0.05, 0.1) is 24.2 Å². The predicted octanol–water partition coefficient (Wildman–Crippen LogP) is 14.9. The Bertz CT molecular complexity index is 1470. The van der Waals surface area contributed by atoms with E-state index in [1.54, 1.807) is 14.2 Å². The molecule has 0 radical (unpaired) electrons. The van der Waals surface area contributed by atoms with Gasteiger partial charge < -0.3 is 30.7 Å². The van der Waals surface area contributed by atoms with Crippen molar-refractivity contribution in [2.75, 3.05) is 14.2 Å². The molecule has 7 fully saturated rings. The summed E-state index contributed by atoms with van der Waals surface area (Å²) in [6.07, 6.45) is 22.7. The Morgan fingerprint density at radius 1 is 0.586 bits per heavy atom. The number of halogens is 2. The molecule has 0 heterocycles. The molecule has 7 aliphatic rings. The molecule has 7 rings (SSSR count). The van der Waals surface area contributed by atoms with Crippen molar-refractivity contribution in [2.24, 2.45) is 55.5 Å². The van der Waals surface area contributed by atoms with E-state index in [0.29, 0.717) is 63.9 Å². The SMILES string of the molecule is CC(C)NC1CCCC1(C)C.CC1(C)CCC(C(=O)O)C1.CC1(C)CCC(C(N)=O)C1.CC1(C)CCC(F)(F)CC1.CC1(C)CCC(O)CC1.CC1(C)CCCC(=O)C1.COC1CC(C)(C)CC1OC. The number of rotatable bonds is 6. The number of nitrogens with two attached hydrogens (primary N) is 1. The molecule has 0 aromatic heterocycles. The Hall–Kier alpha value is -1.69. The van der Waals surface area contributed by atoms with Crippen LogP contribution in [0.1, 0.15) is 258 Å². The van der Waals surface area contributed by atoms with Crippen LogP contribution in [-0.4, -0.2) is 78.4 Å². The maximum atomic E-state index is 12.5. The fourth-order valence-corrected chi connectivity index (χ4v) is 11.4. The maximum absolute atomic E-state index is 12.5. The lowest BCUT2D eigenvalue weighted by atomic mass is 9.76. The van der Waals surface area contributed by atoms with E-state index in [9.17, 15) is 23.2 Å². The molecule has 414 valence electrons. The van der Waals surface area contributed by atoms with Gasteiger partial charge in [0.1, 0.15) is 5.78 Å². The number of carbonyl (C=O) groups is 3. The van der Waals surface area contributed by atoms with Gasteiger partial charge in [-0.2, -0.15) is 0 Å². The second kappa shape index (κ2) is 28.3. The van der Waals surface area contributed by atoms with E-state index in [1.165, 1.54) is 38.5 Å². The average molecular weight is 1000 g/mol. The van der Waals surface area contributed by atoms with Crippen LogP contribution in [0.2, 0.25) is 0 Å². The zero-order chi connectivity index (χ0) is 54.2. The van der Waals surface area contributed by atoms with Crippen molar-refractivity contribution in [1.82, 2.24) is 5.32 Å². The second-order valence-electron chi connectivity index (χ2n) is 28.5. The second-order valence-corrected chi connectivity index (χ2v) is 28.5. The number of primary amides is 1. The number of aliphatic hydroxyl groups is 1. The minimum atomic E-state index is -2.37. The van der Waals surface area contributed by atoms with Crippen LogP contribution in [0.25, 0.3) is 0 Å². The van der Waals surface area contributed by atoms with E-state index >= 15 is 0 Å².